The van der Waals surface area contributed by atoms with Crippen LogP contribution in [0, 0.1) is 11.6 Å². The number of aromatic nitrogens is 1. The molecular weight excluding hydrogens is 406 g/mol. The third kappa shape index (κ3) is 3.74. The molecule has 1 aliphatic rings. The number of para-hydroxylation sites is 1. The Morgan fingerprint density at radius 2 is 1.94 bits per heavy atom. The Labute approximate surface area is 176 Å². The molecule has 31 heavy (non-hydrogen) atoms. The van der Waals surface area contributed by atoms with Crippen LogP contribution in [0.2, 0.25) is 0 Å². The molecule has 0 unspecified atom stereocenters. The van der Waals surface area contributed by atoms with E-state index in [0.717, 1.165) is 34.7 Å². The van der Waals surface area contributed by atoms with Crippen molar-refractivity contribution in [3.63, 3.8) is 0 Å². The Morgan fingerprint density at radius 3 is 2.74 bits per heavy atom. The zero-order valence-electron chi connectivity index (χ0n) is 16.7. The highest BCUT2D eigenvalue weighted by molar-refractivity contribution is 6.09. The smallest absolute Gasteiger partial charge is 0.325 e. The number of hydrogen-bond acceptors (Lipinski definition) is 3. The van der Waals surface area contributed by atoms with Gasteiger partial charge in [-0.1, -0.05) is 18.2 Å². The fourth-order valence-electron chi connectivity index (χ4n) is 3.78. The predicted molar refractivity (Wildman–Crippen MR) is 109 cm³/mol. The highest BCUT2D eigenvalue weighted by atomic mass is 19.1. The second kappa shape index (κ2) is 7.82. The Kier molecular flexibility index (Phi) is 5.18. The largest absolute Gasteiger partial charge is 0.361 e. The van der Waals surface area contributed by atoms with Crippen LogP contribution in [0.15, 0.2) is 48.7 Å². The summed E-state index contributed by atoms with van der Waals surface area (Å²) in [6.07, 6.45) is 2.43. The molecule has 2 heterocycles. The summed E-state index contributed by atoms with van der Waals surface area (Å²) in [7, 11) is 0. The highest BCUT2D eigenvalue weighted by Crippen LogP contribution is 2.31. The number of carbonyl (C=O) groups excluding carboxylic acids is 3. The van der Waals surface area contributed by atoms with Crippen molar-refractivity contribution in [2.45, 2.75) is 18.9 Å². The summed E-state index contributed by atoms with van der Waals surface area (Å²) < 4.78 is 27.8. The van der Waals surface area contributed by atoms with Crippen LogP contribution < -0.4 is 10.6 Å². The van der Waals surface area contributed by atoms with Crippen molar-refractivity contribution >= 4 is 28.7 Å². The first-order valence-electron chi connectivity index (χ1n) is 9.71. The van der Waals surface area contributed by atoms with E-state index in [0.29, 0.717) is 17.9 Å². The molecule has 0 aliphatic carbocycles. The molecule has 2 aromatic carbocycles. The minimum absolute atomic E-state index is 0.298. The minimum atomic E-state index is -1.80. The first kappa shape index (κ1) is 20.5. The molecule has 4 amide bonds. The van der Waals surface area contributed by atoms with Crippen LogP contribution in [0.4, 0.5) is 13.6 Å². The van der Waals surface area contributed by atoms with Crippen LogP contribution in [0.5, 0.6) is 0 Å². The van der Waals surface area contributed by atoms with E-state index in [9.17, 15) is 23.2 Å². The van der Waals surface area contributed by atoms with Gasteiger partial charge in [-0.05, 0) is 43.2 Å². The number of fused-ring (bicyclic) bond motifs is 1. The highest BCUT2D eigenvalue weighted by Gasteiger charge is 2.50. The van der Waals surface area contributed by atoms with Crippen molar-refractivity contribution in [2.75, 3.05) is 13.1 Å². The number of aromatic amines is 1. The summed E-state index contributed by atoms with van der Waals surface area (Å²) in [6, 6.07) is 9.59. The molecule has 0 saturated carbocycles. The maximum atomic E-state index is 14.2. The van der Waals surface area contributed by atoms with Crippen molar-refractivity contribution in [2.24, 2.45) is 0 Å². The number of H-pyrrole nitrogens is 1. The van der Waals surface area contributed by atoms with Crippen LogP contribution in [-0.2, 0) is 21.5 Å². The Hall–Kier alpha value is -3.75. The topological polar surface area (TPSA) is 94.3 Å². The van der Waals surface area contributed by atoms with Crippen LogP contribution in [0.3, 0.4) is 0 Å². The second-order valence-electron chi connectivity index (χ2n) is 7.53. The summed E-state index contributed by atoms with van der Waals surface area (Å²) >= 11 is 0. The van der Waals surface area contributed by atoms with E-state index in [4.69, 9.17) is 0 Å². The minimum Gasteiger partial charge on any atom is -0.361 e. The first-order chi connectivity index (χ1) is 14.8. The van der Waals surface area contributed by atoms with Crippen LogP contribution >= 0.6 is 0 Å². The second-order valence-corrected chi connectivity index (χ2v) is 7.53. The predicted octanol–water partition coefficient (Wildman–Crippen LogP) is 2.57. The number of amides is 4. The number of rotatable bonds is 6. The van der Waals surface area contributed by atoms with Crippen LogP contribution in [0.1, 0.15) is 18.1 Å². The van der Waals surface area contributed by atoms with E-state index in [1.54, 1.807) is 0 Å². The van der Waals surface area contributed by atoms with Crippen LogP contribution in [0.25, 0.3) is 10.9 Å². The van der Waals surface area contributed by atoms with Gasteiger partial charge in [-0.2, -0.15) is 0 Å². The molecule has 3 aromatic rings. The van der Waals surface area contributed by atoms with Gasteiger partial charge in [0.1, 0.15) is 23.7 Å². The average molecular weight is 426 g/mol. The van der Waals surface area contributed by atoms with Crippen molar-refractivity contribution in [1.29, 1.82) is 0 Å². The lowest BCUT2D eigenvalue weighted by Crippen LogP contribution is -2.44. The molecule has 1 aliphatic heterocycles. The number of halogens is 2. The van der Waals surface area contributed by atoms with Crippen LogP contribution in [-0.4, -0.2) is 40.8 Å². The molecule has 1 aromatic heterocycles. The Bertz CT molecular complexity index is 1190. The fourth-order valence-corrected chi connectivity index (χ4v) is 3.78. The number of benzene rings is 2. The Balaban J connectivity index is 1.39. The van der Waals surface area contributed by atoms with E-state index in [2.05, 4.69) is 15.6 Å². The van der Waals surface area contributed by atoms with E-state index in [-0.39, 0.29) is 5.56 Å². The molecule has 9 heteroatoms. The van der Waals surface area contributed by atoms with Gasteiger partial charge in [0.2, 0.25) is 5.91 Å². The van der Waals surface area contributed by atoms with E-state index in [1.165, 1.54) is 6.92 Å². The van der Waals surface area contributed by atoms with Gasteiger partial charge in [-0.3, -0.25) is 14.5 Å². The maximum absolute atomic E-state index is 14.2. The van der Waals surface area contributed by atoms with Gasteiger partial charge < -0.3 is 15.6 Å². The molecule has 1 saturated heterocycles. The van der Waals surface area contributed by atoms with Crippen molar-refractivity contribution in [3.05, 3.63) is 71.4 Å². The van der Waals surface area contributed by atoms with E-state index >= 15 is 0 Å². The first-order valence-corrected chi connectivity index (χ1v) is 9.71. The van der Waals surface area contributed by atoms with Gasteiger partial charge in [0.25, 0.3) is 5.91 Å². The standard InChI is InChI=1S/C22H20F2N4O3/c1-22(16-10-14(23)6-7-17(16)24)20(30)28(21(31)27-22)12-19(29)25-9-8-13-11-26-18-5-3-2-4-15(13)18/h2-7,10-11,26H,8-9,12H2,1H3,(H,25,29)(H,27,31)/t22-/m1/s1. The normalized spacial score (nSPS) is 18.5. The lowest BCUT2D eigenvalue weighted by molar-refractivity contribution is -0.134. The van der Waals surface area contributed by atoms with E-state index in [1.807, 2.05) is 30.5 Å². The molecule has 0 bridgehead atoms. The molecular formula is C22H20F2N4O3. The number of nitrogens with zero attached hydrogens (tertiary/aromatic N) is 1. The van der Waals surface area contributed by atoms with Gasteiger partial charge >= 0.3 is 6.03 Å². The van der Waals surface area contributed by atoms with Gasteiger partial charge in [0, 0.05) is 29.2 Å². The number of hydrogen-bond donors (Lipinski definition) is 3. The molecule has 0 spiro atoms. The number of nitrogens with one attached hydrogen (secondary N) is 3. The molecule has 160 valence electrons. The van der Waals surface area contributed by atoms with Crippen molar-refractivity contribution in [3.8, 4) is 0 Å². The van der Waals surface area contributed by atoms with Gasteiger partial charge in [-0.15, -0.1) is 0 Å². The number of carbonyl (C=O) groups is 3. The Morgan fingerprint density at radius 1 is 1.16 bits per heavy atom. The SMILES string of the molecule is C[C@]1(c2cc(F)ccc2F)NC(=O)N(CC(=O)NCCc2c[nH]c3ccccc23)C1=O. The summed E-state index contributed by atoms with van der Waals surface area (Å²) in [5, 5.41) is 6.10. The lowest BCUT2D eigenvalue weighted by Gasteiger charge is -2.22. The summed E-state index contributed by atoms with van der Waals surface area (Å²) in [6.45, 7) is 1.06. The summed E-state index contributed by atoms with van der Waals surface area (Å²) in [4.78, 5) is 41.3. The maximum Gasteiger partial charge on any atom is 0.325 e. The lowest BCUT2D eigenvalue weighted by atomic mass is 9.91. The third-order valence-electron chi connectivity index (χ3n) is 5.44. The average Bonchev–Trinajstić information content (AvgIpc) is 3.24. The van der Waals surface area contributed by atoms with Gasteiger partial charge in [0.05, 0.1) is 0 Å². The fraction of sp³-hybridized carbons (Fsp3) is 0.227. The molecule has 4 rings (SSSR count). The van der Waals surface area contributed by atoms with Gasteiger partial charge in [-0.25, -0.2) is 13.6 Å². The van der Waals surface area contributed by atoms with Crippen molar-refractivity contribution < 1.29 is 23.2 Å². The molecule has 1 fully saturated rings. The zero-order chi connectivity index (χ0) is 22.2. The van der Waals surface area contributed by atoms with Crippen molar-refractivity contribution in [1.82, 2.24) is 20.5 Å². The van der Waals surface area contributed by atoms with Gasteiger partial charge in [0.15, 0.2) is 0 Å². The number of imide groups is 1. The zero-order valence-corrected chi connectivity index (χ0v) is 16.7. The molecule has 1 atom stereocenters. The summed E-state index contributed by atoms with van der Waals surface area (Å²) in [5.41, 5.74) is -0.0757. The quantitative estimate of drug-likeness (QED) is 0.529. The summed E-state index contributed by atoms with van der Waals surface area (Å²) in [5.74, 6) is -2.93. The molecule has 7 nitrogen and oxygen atoms in total. The monoisotopic (exact) mass is 426 g/mol. The van der Waals surface area contributed by atoms with E-state index < -0.39 is 41.6 Å². The third-order valence-corrected chi connectivity index (χ3v) is 5.44. The molecule has 3 N–H and O–H groups in total. The molecule has 0 radical (unpaired) electrons. The number of urea groups is 1.